The molecule has 0 radical (unpaired) electrons. The van der Waals surface area contributed by atoms with Crippen LogP contribution < -0.4 is 37.8 Å². The molecule has 192 valence electrons. The summed E-state index contributed by atoms with van der Waals surface area (Å²) in [5.74, 6) is -1.36. The van der Waals surface area contributed by atoms with Crippen LogP contribution in [0.5, 0.6) is 0 Å². The highest BCUT2D eigenvalue weighted by Gasteiger charge is 2.47. The van der Waals surface area contributed by atoms with Gasteiger partial charge in [-0.3, -0.25) is 9.59 Å². The Hall–Kier alpha value is -3.92. The molecule has 5 aromatic rings. The zero-order chi connectivity index (χ0) is 26.1. The van der Waals surface area contributed by atoms with Crippen LogP contribution in [0.1, 0.15) is 26.3 Å². The molecule has 0 aromatic heterocycles. The zero-order valence-corrected chi connectivity index (χ0v) is 23.4. The number of fused-ring (bicyclic) bond motifs is 1. The van der Waals surface area contributed by atoms with Gasteiger partial charge < -0.3 is 17.0 Å². The van der Waals surface area contributed by atoms with Gasteiger partial charge in [-0.25, -0.2) is 9.29 Å². The van der Waals surface area contributed by atoms with Crippen LogP contribution in [0.2, 0.25) is 0 Å². The van der Waals surface area contributed by atoms with E-state index in [9.17, 15) is 14.0 Å². The maximum Gasteiger partial charge on any atom is 0.266 e. The van der Waals surface area contributed by atoms with E-state index in [1.165, 1.54) is 12.1 Å². The zero-order valence-electron chi connectivity index (χ0n) is 20.9. The molecule has 1 aliphatic rings. The second kappa shape index (κ2) is 11.1. The summed E-state index contributed by atoms with van der Waals surface area (Å²) >= 11 is 0. The molecule has 0 unspecified atom stereocenters. The van der Waals surface area contributed by atoms with Gasteiger partial charge in [0.15, 0.2) is 0 Å². The van der Waals surface area contributed by atoms with E-state index in [4.69, 9.17) is 0 Å². The van der Waals surface area contributed by atoms with Gasteiger partial charge >= 0.3 is 0 Å². The van der Waals surface area contributed by atoms with Crippen LogP contribution >= 0.6 is 7.26 Å². The summed E-state index contributed by atoms with van der Waals surface area (Å²) in [6.45, 7) is 0. The number of carbonyl (C=O) groups is 2. The van der Waals surface area contributed by atoms with Gasteiger partial charge in [0, 0.05) is 5.56 Å². The monoisotopic (exact) mass is 595 g/mol. The number of imide groups is 1. The third kappa shape index (κ3) is 4.63. The molecular formula is C33H24BrFNO2P. The molecule has 0 N–H and O–H groups in total. The lowest BCUT2D eigenvalue weighted by Gasteiger charge is -2.29. The second-order valence-electron chi connectivity index (χ2n) is 9.24. The first-order valence-corrected chi connectivity index (χ1v) is 14.4. The SMILES string of the molecule is O=C1c2ccccc2C(=O)N1c1cc(F)ccc1C[P+](c1ccccc1)(c1ccccc1)c1ccccc1.[Br-]. The molecule has 0 bridgehead atoms. The number of hydrogen-bond acceptors (Lipinski definition) is 2. The maximum atomic E-state index is 14.7. The van der Waals surface area contributed by atoms with E-state index in [1.807, 2.05) is 54.6 Å². The fourth-order valence-corrected chi connectivity index (χ4v) is 9.57. The third-order valence-corrected chi connectivity index (χ3v) is 11.4. The molecule has 0 saturated carbocycles. The van der Waals surface area contributed by atoms with Crippen molar-refractivity contribution in [2.75, 3.05) is 4.90 Å². The molecular weight excluding hydrogens is 572 g/mol. The minimum Gasteiger partial charge on any atom is -1.00 e. The summed E-state index contributed by atoms with van der Waals surface area (Å²) < 4.78 is 14.7. The van der Waals surface area contributed by atoms with E-state index < -0.39 is 24.9 Å². The fourth-order valence-electron chi connectivity index (χ4n) is 5.31. The van der Waals surface area contributed by atoms with Crippen molar-refractivity contribution in [1.82, 2.24) is 0 Å². The van der Waals surface area contributed by atoms with Crippen molar-refractivity contribution in [2.45, 2.75) is 6.16 Å². The number of nitrogens with zero attached hydrogens (tertiary/aromatic N) is 1. The summed E-state index contributed by atoms with van der Waals surface area (Å²) in [4.78, 5) is 28.0. The van der Waals surface area contributed by atoms with Crippen LogP contribution in [-0.4, -0.2) is 11.8 Å². The first-order valence-electron chi connectivity index (χ1n) is 12.4. The molecule has 0 spiro atoms. The van der Waals surface area contributed by atoms with E-state index in [0.717, 1.165) is 26.4 Å². The molecule has 2 amide bonds. The lowest BCUT2D eigenvalue weighted by molar-refractivity contribution is -0.0000244. The second-order valence-corrected chi connectivity index (χ2v) is 12.7. The molecule has 6 rings (SSSR count). The van der Waals surface area contributed by atoms with Crippen molar-refractivity contribution in [3.63, 3.8) is 0 Å². The molecule has 1 heterocycles. The summed E-state index contributed by atoms with van der Waals surface area (Å²) in [6, 6.07) is 42.2. The van der Waals surface area contributed by atoms with E-state index in [-0.39, 0.29) is 17.0 Å². The average molecular weight is 596 g/mol. The highest BCUT2D eigenvalue weighted by atomic mass is 79.9. The van der Waals surface area contributed by atoms with Crippen molar-refractivity contribution in [3.8, 4) is 0 Å². The Labute approximate surface area is 238 Å². The van der Waals surface area contributed by atoms with E-state index in [0.29, 0.717) is 23.0 Å². The number of carbonyl (C=O) groups excluding carboxylic acids is 2. The van der Waals surface area contributed by atoms with E-state index >= 15 is 0 Å². The van der Waals surface area contributed by atoms with Gasteiger partial charge in [0.1, 0.15) is 35.2 Å². The lowest BCUT2D eigenvalue weighted by Crippen LogP contribution is -3.00. The largest absolute Gasteiger partial charge is 1.00 e. The Kier molecular flexibility index (Phi) is 7.56. The minimum atomic E-state index is -2.34. The van der Waals surface area contributed by atoms with Gasteiger partial charge in [0.25, 0.3) is 11.8 Å². The molecule has 0 aliphatic carbocycles. The smallest absolute Gasteiger partial charge is 0.266 e. The number of rotatable bonds is 6. The summed E-state index contributed by atoms with van der Waals surface area (Å²) in [5.41, 5.74) is 1.71. The molecule has 0 atom stereocenters. The number of anilines is 1. The Morgan fingerprint density at radius 1 is 0.564 bits per heavy atom. The molecule has 5 aromatic carbocycles. The highest BCUT2D eigenvalue weighted by Crippen LogP contribution is 2.59. The maximum absolute atomic E-state index is 14.7. The normalized spacial score (nSPS) is 12.7. The Morgan fingerprint density at radius 3 is 1.41 bits per heavy atom. The molecule has 3 nitrogen and oxygen atoms in total. The standard InChI is InChI=1S/C33H24FNO2P.BrH/c34-25-21-20-24(31(22-25)35-32(36)29-18-10-11-19-30(29)33(35)37)23-38(26-12-4-1-5-13-26,27-14-6-2-7-15-27)28-16-8-3-9-17-28;/h1-22H,23H2;1H/q+1;/p-1. The summed E-state index contributed by atoms with van der Waals surface area (Å²) in [5, 5.41) is 3.49. The number of hydrogen-bond donors (Lipinski definition) is 0. The minimum absolute atomic E-state index is 0. The summed E-state index contributed by atoms with van der Waals surface area (Å²) in [6.07, 6.45) is 0.508. The van der Waals surface area contributed by atoms with Crippen molar-refractivity contribution in [2.24, 2.45) is 0 Å². The Morgan fingerprint density at radius 2 is 0.974 bits per heavy atom. The summed E-state index contributed by atoms with van der Waals surface area (Å²) in [7, 11) is -2.34. The fraction of sp³-hybridized carbons (Fsp3) is 0.0303. The predicted octanol–water partition coefficient (Wildman–Crippen LogP) is 3.12. The number of benzene rings is 5. The van der Waals surface area contributed by atoms with Gasteiger partial charge in [-0.05, 0) is 60.7 Å². The number of halogens is 2. The highest BCUT2D eigenvalue weighted by molar-refractivity contribution is 7.95. The van der Waals surface area contributed by atoms with Crippen LogP contribution in [0.25, 0.3) is 0 Å². The predicted molar refractivity (Wildman–Crippen MR) is 153 cm³/mol. The topological polar surface area (TPSA) is 37.4 Å². The molecule has 6 heteroatoms. The van der Waals surface area contributed by atoms with Gasteiger partial charge in [-0.2, -0.15) is 0 Å². The van der Waals surface area contributed by atoms with E-state index in [2.05, 4.69) is 36.4 Å². The molecule has 39 heavy (non-hydrogen) atoms. The van der Waals surface area contributed by atoms with Gasteiger partial charge in [-0.15, -0.1) is 0 Å². The van der Waals surface area contributed by atoms with Crippen LogP contribution in [0.15, 0.2) is 133 Å². The van der Waals surface area contributed by atoms with Crippen LogP contribution in [0, 0.1) is 5.82 Å². The van der Waals surface area contributed by atoms with Crippen molar-refractivity contribution in [3.05, 3.63) is 156 Å². The molecule has 0 saturated heterocycles. The van der Waals surface area contributed by atoms with Crippen molar-refractivity contribution in [1.29, 1.82) is 0 Å². The molecule has 1 aliphatic heterocycles. The Balaban J connectivity index is 0.00000308. The van der Waals surface area contributed by atoms with Gasteiger partial charge in [-0.1, -0.05) is 72.8 Å². The molecule has 0 fully saturated rings. The van der Waals surface area contributed by atoms with Crippen LogP contribution in [0.3, 0.4) is 0 Å². The lowest BCUT2D eigenvalue weighted by atomic mass is 10.1. The van der Waals surface area contributed by atoms with E-state index in [1.54, 1.807) is 30.3 Å². The van der Waals surface area contributed by atoms with Crippen molar-refractivity contribution < 1.29 is 31.0 Å². The number of amides is 2. The van der Waals surface area contributed by atoms with Crippen LogP contribution in [0.4, 0.5) is 10.1 Å². The third-order valence-electron chi connectivity index (χ3n) is 7.08. The van der Waals surface area contributed by atoms with Gasteiger partial charge in [0.2, 0.25) is 0 Å². The average Bonchev–Trinajstić information content (AvgIpc) is 3.23. The quantitative estimate of drug-likeness (QED) is 0.223. The first-order chi connectivity index (χ1) is 18.6. The Bertz CT molecular complexity index is 1510. The first kappa shape index (κ1) is 26.7. The van der Waals surface area contributed by atoms with Gasteiger partial charge in [0.05, 0.1) is 16.8 Å². The van der Waals surface area contributed by atoms with Crippen LogP contribution in [-0.2, 0) is 6.16 Å². The van der Waals surface area contributed by atoms with Crippen molar-refractivity contribution >= 4 is 40.7 Å².